The van der Waals surface area contributed by atoms with E-state index in [9.17, 15) is 9.90 Å². The van der Waals surface area contributed by atoms with Gasteiger partial charge in [-0.25, -0.2) is 0 Å². The van der Waals surface area contributed by atoms with Crippen LogP contribution in [0.1, 0.15) is 26.3 Å². The Morgan fingerprint density at radius 3 is 2.56 bits per heavy atom. The standard InChI is InChI=1S/C15H21NO2/c1-11-13(17)15(2,3)10-16(14(11)18)9-12-7-5-4-6-8-12/h4-8,11,13,17H,9-10H2,1-3H3/t11-,13-/m1/s1. The van der Waals surface area contributed by atoms with Gasteiger partial charge in [-0.15, -0.1) is 0 Å². The number of hydrogen-bond acceptors (Lipinski definition) is 2. The number of nitrogens with zero attached hydrogens (tertiary/aromatic N) is 1. The lowest BCUT2D eigenvalue weighted by atomic mass is 9.76. The van der Waals surface area contributed by atoms with Crippen molar-refractivity contribution >= 4 is 5.91 Å². The molecule has 18 heavy (non-hydrogen) atoms. The summed E-state index contributed by atoms with van der Waals surface area (Å²) in [6.45, 7) is 7.06. The minimum Gasteiger partial charge on any atom is -0.392 e. The van der Waals surface area contributed by atoms with E-state index in [4.69, 9.17) is 0 Å². The van der Waals surface area contributed by atoms with E-state index in [1.54, 1.807) is 0 Å². The molecule has 0 bridgehead atoms. The van der Waals surface area contributed by atoms with Crippen LogP contribution in [-0.2, 0) is 11.3 Å². The van der Waals surface area contributed by atoms with Crippen molar-refractivity contribution in [3.63, 3.8) is 0 Å². The van der Waals surface area contributed by atoms with E-state index >= 15 is 0 Å². The molecule has 1 aromatic carbocycles. The van der Waals surface area contributed by atoms with Crippen LogP contribution in [0.2, 0.25) is 0 Å². The summed E-state index contributed by atoms with van der Waals surface area (Å²) >= 11 is 0. The van der Waals surface area contributed by atoms with Crippen molar-refractivity contribution in [3.8, 4) is 0 Å². The molecule has 1 aromatic rings. The fraction of sp³-hybridized carbons (Fsp3) is 0.533. The van der Waals surface area contributed by atoms with Gasteiger partial charge in [-0.1, -0.05) is 51.1 Å². The Balaban J connectivity index is 2.16. The second-order valence-electron chi connectivity index (χ2n) is 5.90. The second kappa shape index (κ2) is 4.73. The third kappa shape index (κ3) is 2.41. The molecule has 1 aliphatic heterocycles. The molecule has 1 N–H and O–H groups in total. The highest BCUT2D eigenvalue weighted by atomic mass is 16.3. The van der Waals surface area contributed by atoms with E-state index in [-0.39, 0.29) is 17.2 Å². The van der Waals surface area contributed by atoms with Crippen molar-refractivity contribution in [1.29, 1.82) is 0 Å². The van der Waals surface area contributed by atoms with Gasteiger partial charge in [-0.3, -0.25) is 4.79 Å². The Labute approximate surface area is 108 Å². The summed E-state index contributed by atoms with van der Waals surface area (Å²) < 4.78 is 0. The zero-order valence-electron chi connectivity index (χ0n) is 11.3. The lowest BCUT2D eigenvalue weighted by molar-refractivity contribution is -0.155. The molecule has 0 aliphatic carbocycles. The second-order valence-corrected chi connectivity index (χ2v) is 5.90. The zero-order chi connectivity index (χ0) is 13.3. The van der Waals surface area contributed by atoms with E-state index < -0.39 is 6.10 Å². The Morgan fingerprint density at radius 2 is 1.94 bits per heavy atom. The van der Waals surface area contributed by atoms with E-state index in [1.165, 1.54) is 0 Å². The number of benzene rings is 1. The molecule has 1 saturated heterocycles. The minimum atomic E-state index is -0.558. The third-order valence-corrected chi connectivity index (χ3v) is 3.79. The summed E-state index contributed by atoms with van der Waals surface area (Å²) in [5, 5.41) is 10.1. The summed E-state index contributed by atoms with van der Waals surface area (Å²) in [7, 11) is 0. The monoisotopic (exact) mass is 247 g/mol. The molecule has 98 valence electrons. The van der Waals surface area contributed by atoms with Crippen molar-refractivity contribution < 1.29 is 9.90 Å². The van der Waals surface area contributed by atoms with Gasteiger partial charge in [0.15, 0.2) is 0 Å². The fourth-order valence-electron chi connectivity index (χ4n) is 2.70. The van der Waals surface area contributed by atoms with Crippen LogP contribution >= 0.6 is 0 Å². The quantitative estimate of drug-likeness (QED) is 0.869. The third-order valence-electron chi connectivity index (χ3n) is 3.79. The molecule has 3 heteroatoms. The number of aliphatic hydroxyl groups is 1. The number of rotatable bonds is 2. The summed E-state index contributed by atoms with van der Waals surface area (Å²) in [6, 6.07) is 9.98. The largest absolute Gasteiger partial charge is 0.392 e. The molecule has 0 radical (unpaired) electrons. The Kier molecular flexibility index (Phi) is 3.44. The first-order valence-electron chi connectivity index (χ1n) is 6.42. The summed E-state index contributed by atoms with van der Waals surface area (Å²) in [5.74, 6) is -0.275. The first-order chi connectivity index (χ1) is 8.42. The average Bonchev–Trinajstić information content (AvgIpc) is 2.35. The predicted octanol–water partition coefficient (Wildman–Crippen LogP) is 2.05. The van der Waals surface area contributed by atoms with Crippen LogP contribution in [0.25, 0.3) is 0 Å². The number of likely N-dealkylation sites (tertiary alicyclic amines) is 1. The first-order valence-corrected chi connectivity index (χ1v) is 6.42. The molecule has 1 amide bonds. The Bertz CT molecular complexity index is 427. The topological polar surface area (TPSA) is 40.5 Å². The SMILES string of the molecule is C[C@H]1C(=O)N(Cc2ccccc2)CC(C)(C)[C@@H]1O. The lowest BCUT2D eigenvalue weighted by Gasteiger charge is -2.44. The van der Waals surface area contributed by atoms with Gasteiger partial charge in [0.25, 0.3) is 0 Å². The minimum absolute atomic E-state index is 0.0469. The van der Waals surface area contributed by atoms with Gasteiger partial charge < -0.3 is 10.0 Å². The normalized spacial score (nSPS) is 27.3. The van der Waals surface area contributed by atoms with Crippen LogP contribution in [0.15, 0.2) is 30.3 Å². The number of aliphatic hydroxyl groups excluding tert-OH is 1. The average molecular weight is 247 g/mol. The number of amides is 1. The van der Waals surface area contributed by atoms with E-state index in [2.05, 4.69) is 0 Å². The molecule has 1 heterocycles. The van der Waals surface area contributed by atoms with E-state index in [0.29, 0.717) is 13.1 Å². The Hall–Kier alpha value is -1.35. The van der Waals surface area contributed by atoms with Crippen LogP contribution in [0, 0.1) is 11.3 Å². The molecule has 1 aliphatic rings. The van der Waals surface area contributed by atoms with Crippen LogP contribution < -0.4 is 0 Å². The van der Waals surface area contributed by atoms with Crippen LogP contribution in [0.3, 0.4) is 0 Å². The molecule has 2 atom stereocenters. The van der Waals surface area contributed by atoms with Gasteiger partial charge in [0.1, 0.15) is 0 Å². The van der Waals surface area contributed by atoms with Gasteiger partial charge in [-0.05, 0) is 5.56 Å². The molecule has 0 spiro atoms. The summed E-state index contributed by atoms with van der Waals surface area (Å²) in [6.07, 6.45) is -0.558. The first kappa shape index (κ1) is 13.1. The maximum Gasteiger partial charge on any atom is 0.228 e. The number of piperidine rings is 1. The van der Waals surface area contributed by atoms with Crippen LogP contribution in [-0.4, -0.2) is 28.6 Å². The smallest absolute Gasteiger partial charge is 0.228 e. The van der Waals surface area contributed by atoms with Crippen molar-refractivity contribution in [2.24, 2.45) is 11.3 Å². The zero-order valence-corrected chi connectivity index (χ0v) is 11.3. The van der Waals surface area contributed by atoms with Crippen LogP contribution in [0.4, 0.5) is 0 Å². The number of carbonyl (C=O) groups is 1. The van der Waals surface area contributed by atoms with Gasteiger partial charge >= 0.3 is 0 Å². The molecule has 2 rings (SSSR count). The molecular weight excluding hydrogens is 226 g/mol. The van der Waals surface area contributed by atoms with E-state index in [0.717, 1.165) is 5.56 Å². The summed E-state index contributed by atoms with van der Waals surface area (Å²) in [5.41, 5.74) is 0.882. The van der Waals surface area contributed by atoms with Crippen molar-refractivity contribution in [3.05, 3.63) is 35.9 Å². The van der Waals surface area contributed by atoms with Crippen molar-refractivity contribution in [2.75, 3.05) is 6.54 Å². The highest BCUT2D eigenvalue weighted by Gasteiger charge is 2.43. The fourth-order valence-corrected chi connectivity index (χ4v) is 2.70. The molecule has 1 fully saturated rings. The highest BCUT2D eigenvalue weighted by molar-refractivity contribution is 5.80. The van der Waals surface area contributed by atoms with Crippen LogP contribution in [0.5, 0.6) is 0 Å². The van der Waals surface area contributed by atoms with Gasteiger partial charge in [0.05, 0.1) is 12.0 Å². The van der Waals surface area contributed by atoms with E-state index in [1.807, 2.05) is 56.0 Å². The lowest BCUT2D eigenvalue weighted by Crippen LogP contribution is -2.56. The van der Waals surface area contributed by atoms with Crippen molar-refractivity contribution in [1.82, 2.24) is 4.90 Å². The predicted molar refractivity (Wildman–Crippen MR) is 70.8 cm³/mol. The van der Waals surface area contributed by atoms with Crippen molar-refractivity contribution in [2.45, 2.75) is 33.4 Å². The molecule has 0 saturated carbocycles. The summed E-state index contributed by atoms with van der Waals surface area (Å²) in [4.78, 5) is 14.0. The molecular formula is C15H21NO2. The number of carbonyl (C=O) groups excluding carboxylic acids is 1. The molecule has 0 unspecified atom stereocenters. The van der Waals surface area contributed by atoms with Gasteiger partial charge in [-0.2, -0.15) is 0 Å². The number of hydrogen-bond donors (Lipinski definition) is 1. The maximum atomic E-state index is 12.2. The van der Waals surface area contributed by atoms with Gasteiger partial charge in [0.2, 0.25) is 5.91 Å². The maximum absolute atomic E-state index is 12.2. The molecule has 3 nitrogen and oxygen atoms in total. The highest BCUT2D eigenvalue weighted by Crippen LogP contribution is 2.33. The molecule has 0 aromatic heterocycles. The Morgan fingerprint density at radius 1 is 1.33 bits per heavy atom. The van der Waals surface area contributed by atoms with Gasteiger partial charge in [0, 0.05) is 18.5 Å².